The first-order valence-electron chi connectivity index (χ1n) is 9.27. The van der Waals surface area contributed by atoms with Crippen molar-refractivity contribution in [3.8, 4) is 0 Å². The van der Waals surface area contributed by atoms with E-state index < -0.39 is 6.09 Å². The van der Waals surface area contributed by atoms with Gasteiger partial charge in [0.25, 0.3) is 0 Å². The molecule has 1 aromatic heterocycles. The number of ether oxygens (including phenoxy) is 1. The maximum atomic E-state index is 12.3. The molecule has 28 heavy (non-hydrogen) atoms. The number of rotatable bonds is 3. The number of fused-ring (bicyclic) bond motifs is 1. The van der Waals surface area contributed by atoms with Crippen LogP contribution in [0.5, 0.6) is 0 Å². The van der Waals surface area contributed by atoms with E-state index in [1.165, 1.54) is 4.90 Å². The topological polar surface area (TPSA) is 86.2 Å². The van der Waals surface area contributed by atoms with Crippen molar-refractivity contribution in [3.63, 3.8) is 0 Å². The lowest BCUT2D eigenvalue weighted by Crippen LogP contribution is -2.48. The molecule has 0 aliphatic carbocycles. The zero-order chi connectivity index (χ0) is 19.5. The summed E-state index contributed by atoms with van der Waals surface area (Å²) in [5.41, 5.74) is 1.97. The van der Waals surface area contributed by atoms with E-state index in [9.17, 15) is 9.59 Å². The molecule has 0 unspecified atom stereocenters. The van der Waals surface area contributed by atoms with Gasteiger partial charge in [-0.15, -0.1) is 0 Å². The van der Waals surface area contributed by atoms with E-state index in [1.807, 2.05) is 30.3 Å². The summed E-state index contributed by atoms with van der Waals surface area (Å²) in [4.78, 5) is 34.5. The van der Waals surface area contributed by atoms with Crippen molar-refractivity contribution >= 4 is 28.7 Å². The molecule has 2 aliphatic heterocycles. The third kappa shape index (κ3) is 4.04. The highest BCUT2D eigenvalue weighted by molar-refractivity contribution is 7.15. The lowest BCUT2D eigenvalue weighted by molar-refractivity contribution is 0.0941. The van der Waals surface area contributed by atoms with Crippen LogP contribution in [0, 0.1) is 0 Å². The maximum absolute atomic E-state index is 12.3. The summed E-state index contributed by atoms with van der Waals surface area (Å²) >= 11 is 1.56. The van der Waals surface area contributed by atoms with Crippen molar-refractivity contribution in [2.75, 3.05) is 37.6 Å². The molecule has 0 spiro atoms. The Bertz CT molecular complexity index is 849. The minimum absolute atomic E-state index is 0.277. The minimum Gasteiger partial charge on any atom is -0.465 e. The molecule has 0 radical (unpaired) electrons. The highest BCUT2D eigenvalue weighted by atomic mass is 32.1. The zero-order valence-electron chi connectivity index (χ0n) is 15.4. The summed E-state index contributed by atoms with van der Waals surface area (Å²) in [6.07, 6.45) is -0.522. The van der Waals surface area contributed by atoms with Crippen molar-refractivity contribution in [1.29, 1.82) is 0 Å². The van der Waals surface area contributed by atoms with Gasteiger partial charge in [0.2, 0.25) is 0 Å². The predicted molar refractivity (Wildman–Crippen MR) is 105 cm³/mol. The normalized spacial score (nSPS) is 16.6. The monoisotopic (exact) mass is 402 g/mol. The molecule has 1 aromatic carbocycles. The van der Waals surface area contributed by atoms with Crippen molar-refractivity contribution in [2.45, 2.75) is 19.6 Å². The molecule has 8 nitrogen and oxygen atoms in total. The second kappa shape index (κ2) is 8.05. The fourth-order valence-electron chi connectivity index (χ4n) is 3.37. The average molecular weight is 402 g/mol. The second-order valence-corrected chi connectivity index (χ2v) is 7.90. The smallest absolute Gasteiger partial charge is 0.410 e. The number of nitrogens with zero attached hydrogens (tertiary/aromatic N) is 4. The van der Waals surface area contributed by atoms with Crippen molar-refractivity contribution in [2.24, 2.45) is 0 Å². The summed E-state index contributed by atoms with van der Waals surface area (Å²) in [5.74, 6) is 0. The lowest BCUT2D eigenvalue weighted by atomic mass is 10.2. The van der Waals surface area contributed by atoms with Crippen LogP contribution in [0.4, 0.5) is 14.7 Å². The molecule has 148 valence electrons. The molecule has 0 atom stereocenters. The third-order valence-electron chi connectivity index (χ3n) is 5.00. The van der Waals surface area contributed by atoms with Gasteiger partial charge in [-0.1, -0.05) is 41.7 Å². The molecular weight excluding hydrogens is 380 g/mol. The highest BCUT2D eigenvalue weighted by Crippen LogP contribution is 2.31. The van der Waals surface area contributed by atoms with Crippen LogP contribution in [0.2, 0.25) is 0 Å². The summed E-state index contributed by atoms with van der Waals surface area (Å²) in [5, 5.41) is 10.1. The molecule has 2 aliphatic rings. The van der Waals surface area contributed by atoms with Crippen LogP contribution in [-0.4, -0.2) is 64.8 Å². The molecule has 3 heterocycles. The number of aromatic nitrogens is 1. The van der Waals surface area contributed by atoms with Gasteiger partial charge in [0, 0.05) is 44.0 Å². The number of anilines is 1. The fourth-order valence-corrected chi connectivity index (χ4v) is 4.55. The molecule has 2 amide bonds. The van der Waals surface area contributed by atoms with E-state index in [0.29, 0.717) is 45.7 Å². The van der Waals surface area contributed by atoms with Crippen molar-refractivity contribution in [1.82, 2.24) is 14.8 Å². The van der Waals surface area contributed by atoms with Crippen LogP contribution in [0.25, 0.3) is 0 Å². The SMILES string of the molecule is O=C(O)N1CCc2nc(N3CCN(C(=O)OCc4ccccc4)CC3)sc2C1. The average Bonchev–Trinajstić information content (AvgIpc) is 3.16. The number of hydrogen-bond donors (Lipinski definition) is 1. The Morgan fingerprint density at radius 1 is 1.07 bits per heavy atom. The van der Waals surface area contributed by atoms with Crippen LogP contribution in [0.1, 0.15) is 16.1 Å². The standard InChI is InChI=1S/C19H22N4O4S/c24-18(25)23-7-6-15-16(12-23)28-17(20-15)21-8-10-22(11-9-21)19(26)27-13-14-4-2-1-3-5-14/h1-5H,6-13H2,(H,24,25). The van der Waals surface area contributed by atoms with Crippen LogP contribution >= 0.6 is 11.3 Å². The summed E-state index contributed by atoms with van der Waals surface area (Å²) < 4.78 is 5.40. The van der Waals surface area contributed by atoms with Gasteiger partial charge in [0.05, 0.1) is 12.2 Å². The molecule has 2 aromatic rings. The highest BCUT2D eigenvalue weighted by Gasteiger charge is 2.28. The van der Waals surface area contributed by atoms with E-state index in [-0.39, 0.29) is 12.7 Å². The van der Waals surface area contributed by atoms with Gasteiger partial charge < -0.3 is 24.5 Å². The van der Waals surface area contributed by atoms with Gasteiger partial charge in [-0.05, 0) is 5.56 Å². The van der Waals surface area contributed by atoms with Gasteiger partial charge in [-0.2, -0.15) is 0 Å². The number of carboxylic acid groups (broad SMARTS) is 1. The van der Waals surface area contributed by atoms with Gasteiger partial charge in [-0.3, -0.25) is 0 Å². The number of carbonyl (C=O) groups is 2. The lowest BCUT2D eigenvalue weighted by Gasteiger charge is -2.33. The van der Waals surface area contributed by atoms with Gasteiger partial charge in [0.1, 0.15) is 6.61 Å². The number of carbonyl (C=O) groups excluding carboxylic acids is 1. The fraction of sp³-hybridized carbons (Fsp3) is 0.421. The quantitative estimate of drug-likeness (QED) is 0.849. The second-order valence-electron chi connectivity index (χ2n) is 6.83. The first-order valence-corrected chi connectivity index (χ1v) is 10.1. The Morgan fingerprint density at radius 3 is 2.54 bits per heavy atom. The number of benzene rings is 1. The van der Waals surface area contributed by atoms with Gasteiger partial charge in [-0.25, -0.2) is 14.6 Å². The van der Waals surface area contributed by atoms with E-state index in [2.05, 4.69) is 4.90 Å². The number of thiazole rings is 1. The largest absolute Gasteiger partial charge is 0.465 e. The minimum atomic E-state index is -0.886. The van der Waals surface area contributed by atoms with E-state index >= 15 is 0 Å². The molecular formula is C19H22N4O4S. The van der Waals surface area contributed by atoms with Crippen molar-refractivity contribution < 1.29 is 19.4 Å². The van der Waals surface area contributed by atoms with E-state index in [4.69, 9.17) is 14.8 Å². The molecule has 1 fully saturated rings. The first kappa shape index (κ1) is 18.5. The van der Waals surface area contributed by atoms with Crippen LogP contribution < -0.4 is 4.90 Å². The Balaban J connectivity index is 1.30. The molecule has 1 saturated heterocycles. The first-order chi connectivity index (χ1) is 13.6. The third-order valence-corrected chi connectivity index (χ3v) is 6.15. The molecule has 9 heteroatoms. The van der Waals surface area contributed by atoms with Crippen LogP contribution in [-0.2, 0) is 24.3 Å². The Morgan fingerprint density at radius 2 is 1.82 bits per heavy atom. The Hall–Kier alpha value is -2.81. The zero-order valence-corrected chi connectivity index (χ0v) is 16.2. The predicted octanol–water partition coefficient (Wildman–Crippen LogP) is 2.64. The van der Waals surface area contributed by atoms with Gasteiger partial charge in [0.15, 0.2) is 5.13 Å². The molecule has 1 N–H and O–H groups in total. The summed E-state index contributed by atoms with van der Waals surface area (Å²) in [6, 6.07) is 9.64. The van der Waals surface area contributed by atoms with Gasteiger partial charge >= 0.3 is 12.2 Å². The maximum Gasteiger partial charge on any atom is 0.410 e. The van der Waals surface area contributed by atoms with Crippen LogP contribution in [0.15, 0.2) is 30.3 Å². The number of amides is 2. The molecule has 0 saturated carbocycles. The van der Waals surface area contributed by atoms with E-state index in [0.717, 1.165) is 21.3 Å². The van der Waals surface area contributed by atoms with Crippen molar-refractivity contribution in [3.05, 3.63) is 46.5 Å². The summed E-state index contributed by atoms with van der Waals surface area (Å²) in [7, 11) is 0. The van der Waals surface area contributed by atoms with E-state index in [1.54, 1.807) is 16.2 Å². The number of hydrogen-bond acceptors (Lipinski definition) is 6. The summed E-state index contributed by atoms with van der Waals surface area (Å²) in [6.45, 7) is 3.73. The molecule has 0 bridgehead atoms. The van der Waals surface area contributed by atoms with Crippen LogP contribution in [0.3, 0.4) is 0 Å². The number of piperazine rings is 1. The Kier molecular flexibility index (Phi) is 5.34. The Labute approximate surface area is 166 Å². The molecule has 4 rings (SSSR count).